The SMILES string of the molecule is CCO[Si](CCCNCC(=O)O[Si](C(C)C)(C(C)C)C(C)C)(OCC)OC(C)CC. The lowest BCUT2D eigenvalue weighted by molar-refractivity contribution is -0.134. The molecule has 1 unspecified atom stereocenters. The fraction of sp³-hybridized carbons (Fsp3) is 0.955. The van der Waals surface area contributed by atoms with Gasteiger partial charge in [-0.1, -0.05) is 48.5 Å². The minimum absolute atomic E-state index is 0.110. The number of hydrogen-bond acceptors (Lipinski definition) is 6. The standard InChI is InChI=1S/C22H49NO5Si2/c1-11-21(10)27-29(25-12-2,26-13-3)16-14-15-23-17-22(24)28-30(18(4)5,19(6)7)20(8)9/h18-21,23H,11-17H2,1-10H3. The van der Waals surface area contributed by atoms with Crippen molar-refractivity contribution in [3.63, 3.8) is 0 Å². The summed E-state index contributed by atoms with van der Waals surface area (Å²) in [5.41, 5.74) is 1.18. The molecule has 0 fully saturated rings. The lowest BCUT2D eigenvalue weighted by Gasteiger charge is -2.41. The van der Waals surface area contributed by atoms with Crippen molar-refractivity contribution >= 4 is 23.1 Å². The van der Waals surface area contributed by atoms with Crippen molar-refractivity contribution in [2.75, 3.05) is 26.3 Å². The number of hydrogen-bond donors (Lipinski definition) is 1. The fourth-order valence-electron chi connectivity index (χ4n) is 4.35. The van der Waals surface area contributed by atoms with Gasteiger partial charge in [-0.25, -0.2) is 0 Å². The lowest BCUT2D eigenvalue weighted by atomic mass is 10.3. The molecule has 0 amide bonds. The molecule has 0 radical (unpaired) electrons. The van der Waals surface area contributed by atoms with Gasteiger partial charge in [0.2, 0.25) is 0 Å². The molecule has 1 atom stereocenters. The molecule has 0 aliphatic carbocycles. The van der Waals surface area contributed by atoms with E-state index in [0.29, 0.717) is 36.4 Å². The second kappa shape index (κ2) is 14.7. The van der Waals surface area contributed by atoms with Crippen molar-refractivity contribution in [2.45, 2.75) is 111 Å². The van der Waals surface area contributed by atoms with Gasteiger partial charge in [-0.2, -0.15) is 0 Å². The van der Waals surface area contributed by atoms with E-state index in [2.05, 4.69) is 60.7 Å². The van der Waals surface area contributed by atoms with Gasteiger partial charge in [-0.05, 0) is 56.8 Å². The Morgan fingerprint density at radius 2 is 1.37 bits per heavy atom. The largest absolute Gasteiger partial charge is 0.517 e. The molecular weight excluding hydrogens is 414 g/mol. The van der Waals surface area contributed by atoms with Gasteiger partial charge in [0.1, 0.15) is 0 Å². The highest BCUT2D eigenvalue weighted by Gasteiger charge is 2.48. The van der Waals surface area contributed by atoms with Crippen LogP contribution in [0.5, 0.6) is 0 Å². The number of nitrogens with one attached hydrogen (secondary N) is 1. The van der Waals surface area contributed by atoms with Crippen LogP contribution in [0.2, 0.25) is 22.7 Å². The predicted molar refractivity (Wildman–Crippen MR) is 129 cm³/mol. The summed E-state index contributed by atoms with van der Waals surface area (Å²) >= 11 is 0. The highest BCUT2D eigenvalue weighted by atomic mass is 28.4. The van der Waals surface area contributed by atoms with Gasteiger partial charge in [0.25, 0.3) is 8.32 Å². The minimum atomic E-state index is -2.69. The Kier molecular flexibility index (Phi) is 14.6. The molecule has 0 saturated carbocycles. The molecule has 0 saturated heterocycles. The third-order valence-corrected chi connectivity index (χ3v) is 15.0. The molecular formula is C22H49NO5Si2. The normalized spacial score (nSPS) is 14.0. The zero-order chi connectivity index (χ0) is 23.4. The Hall–Kier alpha value is -0.256. The third-order valence-electron chi connectivity index (χ3n) is 5.79. The average molecular weight is 464 g/mol. The molecule has 0 spiro atoms. The molecule has 0 aliphatic rings. The first-order valence-electron chi connectivity index (χ1n) is 11.9. The highest BCUT2D eigenvalue weighted by molar-refractivity contribution is 6.78. The molecule has 6 nitrogen and oxygen atoms in total. The van der Waals surface area contributed by atoms with Crippen molar-refractivity contribution in [1.29, 1.82) is 0 Å². The van der Waals surface area contributed by atoms with E-state index in [9.17, 15) is 4.79 Å². The summed E-state index contributed by atoms with van der Waals surface area (Å²) in [5, 5.41) is 3.25. The van der Waals surface area contributed by atoms with Gasteiger partial charge in [0, 0.05) is 25.4 Å². The third kappa shape index (κ3) is 9.08. The molecule has 30 heavy (non-hydrogen) atoms. The first kappa shape index (κ1) is 29.7. The molecule has 0 aliphatic heterocycles. The van der Waals surface area contributed by atoms with Crippen LogP contribution < -0.4 is 5.32 Å². The maximum Gasteiger partial charge on any atom is 0.501 e. The number of carbonyl (C=O) groups is 1. The van der Waals surface area contributed by atoms with Crippen molar-refractivity contribution in [2.24, 2.45) is 0 Å². The minimum Gasteiger partial charge on any atom is -0.517 e. The van der Waals surface area contributed by atoms with Crippen LogP contribution in [0.15, 0.2) is 0 Å². The summed E-state index contributed by atoms with van der Waals surface area (Å²) < 4.78 is 24.4. The topological polar surface area (TPSA) is 66.0 Å². The van der Waals surface area contributed by atoms with E-state index in [0.717, 1.165) is 18.9 Å². The predicted octanol–water partition coefficient (Wildman–Crippen LogP) is 5.51. The first-order valence-corrected chi connectivity index (χ1v) is 16.0. The molecule has 0 bridgehead atoms. The van der Waals surface area contributed by atoms with Crippen LogP contribution in [0.25, 0.3) is 0 Å². The summed E-state index contributed by atoms with van der Waals surface area (Å²) in [6.07, 6.45) is 1.86. The van der Waals surface area contributed by atoms with Crippen molar-refractivity contribution < 1.29 is 22.5 Å². The molecule has 0 aromatic carbocycles. The smallest absolute Gasteiger partial charge is 0.501 e. The quantitative estimate of drug-likeness (QED) is 0.226. The van der Waals surface area contributed by atoms with Crippen LogP contribution in [0, 0.1) is 0 Å². The number of carbonyl (C=O) groups excluding carboxylic acids is 1. The van der Waals surface area contributed by atoms with E-state index >= 15 is 0 Å². The average Bonchev–Trinajstić information content (AvgIpc) is 2.65. The van der Waals surface area contributed by atoms with Gasteiger partial charge >= 0.3 is 14.8 Å². The van der Waals surface area contributed by atoms with Crippen LogP contribution in [0.1, 0.15) is 82.1 Å². The maximum atomic E-state index is 12.6. The van der Waals surface area contributed by atoms with Gasteiger partial charge in [-0.3, -0.25) is 4.79 Å². The fourth-order valence-corrected chi connectivity index (χ4v) is 12.4. The summed E-state index contributed by atoms with van der Waals surface area (Å²) in [6.45, 7) is 23.4. The molecule has 0 rings (SSSR count). The Bertz CT molecular complexity index is 447. The second-order valence-electron chi connectivity index (χ2n) is 8.96. The van der Waals surface area contributed by atoms with Gasteiger partial charge in [0.05, 0.1) is 6.54 Å². The van der Waals surface area contributed by atoms with Crippen LogP contribution in [0.3, 0.4) is 0 Å². The summed E-state index contributed by atoms with van der Waals surface area (Å²) in [6, 6.07) is 0.740. The molecule has 0 heterocycles. The van der Waals surface area contributed by atoms with E-state index in [1.54, 1.807) is 0 Å². The van der Waals surface area contributed by atoms with E-state index in [1.807, 2.05) is 13.8 Å². The molecule has 8 heteroatoms. The van der Waals surface area contributed by atoms with E-state index in [-0.39, 0.29) is 18.6 Å². The van der Waals surface area contributed by atoms with E-state index in [1.165, 1.54) is 0 Å². The van der Waals surface area contributed by atoms with Crippen LogP contribution in [0.4, 0.5) is 0 Å². The Morgan fingerprint density at radius 1 is 0.867 bits per heavy atom. The summed E-state index contributed by atoms with van der Waals surface area (Å²) in [7, 11) is -4.86. The summed E-state index contributed by atoms with van der Waals surface area (Å²) in [5.74, 6) is -0.133. The van der Waals surface area contributed by atoms with Crippen LogP contribution >= 0.6 is 0 Å². The van der Waals surface area contributed by atoms with E-state index in [4.69, 9.17) is 17.7 Å². The molecule has 1 N–H and O–H groups in total. The highest BCUT2D eigenvalue weighted by Crippen LogP contribution is 2.42. The maximum absolute atomic E-state index is 12.6. The van der Waals surface area contributed by atoms with Gasteiger partial charge in [-0.15, -0.1) is 0 Å². The Balaban J connectivity index is 4.74. The van der Waals surface area contributed by atoms with E-state index < -0.39 is 17.1 Å². The lowest BCUT2D eigenvalue weighted by Crippen LogP contribution is -2.50. The molecule has 180 valence electrons. The number of rotatable bonds is 17. The monoisotopic (exact) mass is 463 g/mol. The molecule has 0 aromatic rings. The zero-order valence-corrected chi connectivity index (χ0v) is 23.3. The summed E-state index contributed by atoms with van der Waals surface area (Å²) in [4.78, 5) is 12.6. The Labute approximate surface area is 188 Å². The zero-order valence-electron chi connectivity index (χ0n) is 21.3. The van der Waals surface area contributed by atoms with Crippen molar-refractivity contribution in [3.8, 4) is 0 Å². The van der Waals surface area contributed by atoms with Gasteiger partial charge in [0.15, 0.2) is 0 Å². The van der Waals surface area contributed by atoms with Crippen LogP contribution in [-0.2, 0) is 22.5 Å². The first-order chi connectivity index (χ1) is 14.0. The van der Waals surface area contributed by atoms with Gasteiger partial charge < -0.3 is 23.0 Å². The van der Waals surface area contributed by atoms with Crippen molar-refractivity contribution in [3.05, 3.63) is 0 Å². The second-order valence-corrected chi connectivity index (χ2v) is 17.0. The molecule has 0 aromatic heterocycles. The van der Waals surface area contributed by atoms with Crippen molar-refractivity contribution in [1.82, 2.24) is 5.32 Å². The Morgan fingerprint density at radius 3 is 1.77 bits per heavy atom. The van der Waals surface area contributed by atoms with Crippen LogP contribution in [-0.4, -0.2) is 55.5 Å².